The van der Waals surface area contributed by atoms with Gasteiger partial charge < -0.3 is 14.7 Å². The fraction of sp³-hybridized carbons (Fsp3) is 0.500. The van der Waals surface area contributed by atoms with Crippen molar-refractivity contribution in [2.24, 2.45) is 5.92 Å². The summed E-state index contributed by atoms with van der Waals surface area (Å²) in [5, 5.41) is 13.6. The zero-order chi connectivity index (χ0) is 14.8. The smallest absolute Gasteiger partial charge is 0.311 e. The number of hydrogen-bond acceptors (Lipinski definition) is 5. The van der Waals surface area contributed by atoms with Crippen molar-refractivity contribution < 1.29 is 14.6 Å². The van der Waals surface area contributed by atoms with Crippen LogP contribution < -0.4 is 4.90 Å². The minimum Gasteiger partial charge on any atom is -0.481 e. The molecule has 21 heavy (non-hydrogen) atoms. The molecule has 7 heteroatoms. The number of ether oxygens (including phenoxy) is 1. The van der Waals surface area contributed by atoms with Gasteiger partial charge in [0.05, 0.1) is 25.5 Å². The molecule has 2 aromatic heterocycles. The van der Waals surface area contributed by atoms with Crippen molar-refractivity contribution in [3.8, 4) is 0 Å². The number of carboxylic acid groups (broad SMARTS) is 1. The second-order valence-electron chi connectivity index (χ2n) is 5.15. The lowest BCUT2D eigenvalue weighted by molar-refractivity contribution is -0.141. The standard InChI is InChI=1S/C14H18N4O3/c1-2-6-17(12-9-21-8-10(12)14(19)20)13-11-3-4-16-18(11)7-5-15-13/h3-5,7,10,12H,2,6,8-9H2,1H3,(H,19,20). The summed E-state index contributed by atoms with van der Waals surface area (Å²) in [5.41, 5.74) is 0.877. The molecule has 0 aromatic carbocycles. The fourth-order valence-corrected chi connectivity index (χ4v) is 2.82. The van der Waals surface area contributed by atoms with Crippen LogP contribution in [0.15, 0.2) is 24.7 Å². The van der Waals surface area contributed by atoms with Crippen molar-refractivity contribution in [1.29, 1.82) is 0 Å². The molecule has 0 bridgehead atoms. The Morgan fingerprint density at radius 3 is 3.14 bits per heavy atom. The Morgan fingerprint density at radius 2 is 2.38 bits per heavy atom. The average Bonchev–Trinajstić information content (AvgIpc) is 3.12. The predicted octanol–water partition coefficient (Wildman–Crippen LogP) is 1.05. The molecule has 2 unspecified atom stereocenters. The van der Waals surface area contributed by atoms with Crippen LogP contribution in [0.4, 0.5) is 5.82 Å². The van der Waals surface area contributed by atoms with Crippen LogP contribution in [0.2, 0.25) is 0 Å². The molecule has 0 radical (unpaired) electrons. The number of hydrogen-bond donors (Lipinski definition) is 1. The second-order valence-corrected chi connectivity index (χ2v) is 5.15. The van der Waals surface area contributed by atoms with Crippen molar-refractivity contribution in [3.63, 3.8) is 0 Å². The van der Waals surface area contributed by atoms with Gasteiger partial charge in [0.1, 0.15) is 11.4 Å². The molecular formula is C14H18N4O3. The Morgan fingerprint density at radius 1 is 1.52 bits per heavy atom. The first kappa shape index (κ1) is 13.8. The Bertz CT molecular complexity index is 642. The third-order valence-electron chi connectivity index (χ3n) is 3.81. The maximum Gasteiger partial charge on any atom is 0.311 e. The Kier molecular flexibility index (Phi) is 3.74. The normalized spacial score (nSPS) is 21.8. The van der Waals surface area contributed by atoms with Gasteiger partial charge in [0.2, 0.25) is 0 Å². The van der Waals surface area contributed by atoms with Gasteiger partial charge in [-0.15, -0.1) is 0 Å². The summed E-state index contributed by atoms with van der Waals surface area (Å²) < 4.78 is 7.15. The van der Waals surface area contributed by atoms with Crippen LogP contribution >= 0.6 is 0 Å². The average molecular weight is 290 g/mol. The highest BCUT2D eigenvalue weighted by atomic mass is 16.5. The monoisotopic (exact) mass is 290 g/mol. The van der Waals surface area contributed by atoms with Crippen molar-refractivity contribution >= 4 is 17.3 Å². The van der Waals surface area contributed by atoms with Crippen molar-refractivity contribution in [2.75, 3.05) is 24.7 Å². The van der Waals surface area contributed by atoms with Gasteiger partial charge in [-0.3, -0.25) is 4.79 Å². The molecule has 0 saturated carbocycles. The first-order chi connectivity index (χ1) is 10.2. The van der Waals surface area contributed by atoms with Gasteiger partial charge >= 0.3 is 5.97 Å². The number of fused-ring (bicyclic) bond motifs is 1. The molecule has 0 amide bonds. The van der Waals surface area contributed by atoms with Gasteiger partial charge in [0.25, 0.3) is 0 Å². The zero-order valence-corrected chi connectivity index (χ0v) is 11.8. The van der Waals surface area contributed by atoms with E-state index in [2.05, 4.69) is 17.0 Å². The molecule has 2 aromatic rings. The Balaban J connectivity index is 2.01. The van der Waals surface area contributed by atoms with E-state index in [0.717, 1.165) is 24.3 Å². The number of rotatable bonds is 5. The van der Waals surface area contributed by atoms with Crippen molar-refractivity contribution in [3.05, 3.63) is 24.7 Å². The molecule has 2 atom stereocenters. The summed E-state index contributed by atoms with van der Waals surface area (Å²) in [7, 11) is 0. The molecule has 112 valence electrons. The van der Waals surface area contributed by atoms with E-state index in [-0.39, 0.29) is 12.6 Å². The number of anilines is 1. The number of aromatic nitrogens is 3. The fourth-order valence-electron chi connectivity index (χ4n) is 2.82. The van der Waals surface area contributed by atoms with Gasteiger partial charge in [-0.05, 0) is 12.5 Å². The van der Waals surface area contributed by atoms with Gasteiger partial charge in [-0.2, -0.15) is 5.10 Å². The first-order valence-corrected chi connectivity index (χ1v) is 7.08. The van der Waals surface area contributed by atoms with Crippen LogP contribution in [0.1, 0.15) is 13.3 Å². The summed E-state index contributed by atoms with van der Waals surface area (Å²) in [4.78, 5) is 17.9. The highest BCUT2D eigenvalue weighted by Gasteiger charge is 2.38. The molecule has 1 saturated heterocycles. The lowest BCUT2D eigenvalue weighted by Crippen LogP contribution is -2.44. The molecule has 3 heterocycles. The molecule has 1 N–H and O–H groups in total. The molecule has 1 aliphatic rings. The number of carboxylic acids is 1. The topological polar surface area (TPSA) is 80.0 Å². The van der Waals surface area contributed by atoms with Gasteiger partial charge in [0, 0.05) is 18.9 Å². The lowest BCUT2D eigenvalue weighted by atomic mass is 10.0. The third-order valence-corrected chi connectivity index (χ3v) is 3.81. The van der Waals surface area contributed by atoms with Crippen LogP contribution in [0, 0.1) is 5.92 Å². The Hall–Kier alpha value is -2.15. The first-order valence-electron chi connectivity index (χ1n) is 7.08. The van der Waals surface area contributed by atoms with Crippen LogP contribution in [0.5, 0.6) is 0 Å². The highest BCUT2D eigenvalue weighted by molar-refractivity contribution is 5.74. The van der Waals surface area contributed by atoms with E-state index in [1.54, 1.807) is 23.1 Å². The predicted molar refractivity (Wildman–Crippen MR) is 76.4 cm³/mol. The minimum absolute atomic E-state index is 0.198. The molecule has 1 aliphatic heterocycles. The van der Waals surface area contributed by atoms with Gasteiger partial charge in [0.15, 0.2) is 5.82 Å². The van der Waals surface area contributed by atoms with Gasteiger partial charge in [-0.25, -0.2) is 9.50 Å². The molecule has 1 fully saturated rings. The summed E-state index contributed by atoms with van der Waals surface area (Å²) in [6, 6.07) is 1.69. The SMILES string of the molecule is CCCN(c1nccn2nccc12)C1COCC1C(=O)O. The molecule has 0 spiro atoms. The molecule has 3 rings (SSSR count). The van der Waals surface area contributed by atoms with Crippen molar-refractivity contribution in [1.82, 2.24) is 14.6 Å². The second kappa shape index (κ2) is 5.69. The summed E-state index contributed by atoms with van der Waals surface area (Å²) in [5.74, 6) is -0.584. The summed E-state index contributed by atoms with van der Waals surface area (Å²) in [6.45, 7) is 3.46. The van der Waals surface area contributed by atoms with E-state index in [1.807, 2.05) is 11.0 Å². The van der Waals surface area contributed by atoms with E-state index in [4.69, 9.17) is 4.74 Å². The van der Waals surface area contributed by atoms with E-state index in [1.165, 1.54) is 0 Å². The zero-order valence-electron chi connectivity index (χ0n) is 11.8. The van der Waals surface area contributed by atoms with E-state index in [0.29, 0.717) is 6.61 Å². The van der Waals surface area contributed by atoms with E-state index >= 15 is 0 Å². The highest BCUT2D eigenvalue weighted by Crippen LogP contribution is 2.27. The molecule has 7 nitrogen and oxygen atoms in total. The maximum atomic E-state index is 11.4. The van der Waals surface area contributed by atoms with Crippen LogP contribution in [-0.2, 0) is 9.53 Å². The minimum atomic E-state index is -0.820. The quantitative estimate of drug-likeness (QED) is 0.886. The maximum absolute atomic E-state index is 11.4. The number of aliphatic carboxylic acids is 1. The lowest BCUT2D eigenvalue weighted by Gasteiger charge is -2.31. The van der Waals surface area contributed by atoms with Gasteiger partial charge in [-0.1, -0.05) is 6.92 Å². The van der Waals surface area contributed by atoms with Crippen LogP contribution in [0.3, 0.4) is 0 Å². The Labute approximate surface area is 122 Å². The summed E-state index contributed by atoms with van der Waals surface area (Å²) in [6.07, 6.45) is 6.08. The number of carbonyl (C=O) groups is 1. The number of nitrogens with zero attached hydrogens (tertiary/aromatic N) is 4. The molecule has 0 aliphatic carbocycles. The third kappa shape index (κ3) is 2.44. The van der Waals surface area contributed by atoms with E-state index < -0.39 is 11.9 Å². The van der Waals surface area contributed by atoms with Crippen molar-refractivity contribution in [2.45, 2.75) is 19.4 Å². The summed E-state index contributed by atoms with van der Waals surface area (Å²) >= 11 is 0. The molecular weight excluding hydrogens is 272 g/mol. The van der Waals surface area contributed by atoms with E-state index in [9.17, 15) is 9.90 Å². The van der Waals surface area contributed by atoms with Crippen LogP contribution in [0.25, 0.3) is 5.52 Å². The van der Waals surface area contributed by atoms with Crippen LogP contribution in [-0.4, -0.2) is 51.5 Å². The largest absolute Gasteiger partial charge is 0.481 e.